The summed E-state index contributed by atoms with van der Waals surface area (Å²) in [6.45, 7) is 3.95. The molecule has 3 heterocycles. The third-order valence-electron chi connectivity index (χ3n) is 6.46. The van der Waals surface area contributed by atoms with Gasteiger partial charge in [-0.1, -0.05) is 38.1 Å². The minimum absolute atomic E-state index is 0.0932. The smallest absolute Gasteiger partial charge is 0.433 e. The van der Waals surface area contributed by atoms with Gasteiger partial charge in [-0.25, -0.2) is 4.98 Å². The fourth-order valence-electron chi connectivity index (χ4n) is 4.36. The summed E-state index contributed by atoms with van der Waals surface area (Å²) in [6, 6.07) is 17.5. The monoisotopic (exact) mass is 546 g/mol. The van der Waals surface area contributed by atoms with Gasteiger partial charge in [-0.05, 0) is 65.4 Å². The molecule has 6 nitrogen and oxygen atoms in total. The maximum atomic E-state index is 13.4. The van der Waals surface area contributed by atoms with Crippen LogP contribution in [0.25, 0.3) is 11.1 Å². The van der Waals surface area contributed by atoms with Crippen LogP contribution in [-0.2, 0) is 17.4 Å². The van der Waals surface area contributed by atoms with Crippen molar-refractivity contribution in [2.75, 3.05) is 12.0 Å². The van der Waals surface area contributed by atoms with E-state index in [0.717, 1.165) is 28.5 Å². The zero-order valence-corrected chi connectivity index (χ0v) is 22.8. The summed E-state index contributed by atoms with van der Waals surface area (Å²) in [5.41, 5.74) is 3.11. The van der Waals surface area contributed by atoms with Gasteiger partial charge in [0.1, 0.15) is 25.1 Å². The molecule has 1 unspecified atom stereocenters. The first-order valence-electron chi connectivity index (χ1n) is 12.9. The van der Waals surface area contributed by atoms with Crippen molar-refractivity contribution in [3.05, 3.63) is 102 Å². The summed E-state index contributed by atoms with van der Waals surface area (Å²) >= 11 is 0. The molecule has 4 rings (SSSR count). The number of alkyl halides is 3. The first-order valence-corrected chi connectivity index (χ1v) is 12.9. The van der Waals surface area contributed by atoms with Crippen molar-refractivity contribution in [1.82, 2.24) is 15.0 Å². The zero-order chi connectivity index (χ0) is 28.9. The number of aromatic nitrogens is 3. The van der Waals surface area contributed by atoms with E-state index in [1.807, 2.05) is 58.1 Å². The maximum absolute atomic E-state index is 13.4. The summed E-state index contributed by atoms with van der Waals surface area (Å²) in [7, 11) is 3.53. The number of hydrogen-bond donors (Lipinski definition) is 0. The molecule has 0 fully saturated rings. The Morgan fingerprint density at radius 2 is 1.65 bits per heavy atom. The highest BCUT2D eigenvalue weighted by atomic mass is 19.4. The van der Waals surface area contributed by atoms with Crippen LogP contribution in [0.2, 0.25) is 0 Å². The molecule has 4 aromatic rings. The standard InChI is InChI=1S/C30H30BF3N4O2/c1-19(2)14-28(39)38(29(31)25-10-7-23(18-36-25)22-5-8-24(40-3)9-6-22)27-16-20(12-13-35-27)15-21-4-11-26(37-17-21)30(32,33)34/h4-13,16-19,29H,14-15,31H2,1-3H3. The van der Waals surface area contributed by atoms with Gasteiger partial charge in [-0.15, -0.1) is 0 Å². The number of carbonyl (C=O) groups is 1. The third kappa shape index (κ3) is 7.05. The molecular formula is C30H30BF3N4O2. The van der Waals surface area contributed by atoms with Gasteiger partial charge in [0, 0.05) is 36.5 Å². The van der Waals surface area contributed by atoms with Gasteiger partial charge in [0.05, 0.1) is 12.8 Å². The highest BCUT2D eigenvalue weighted by Crippen LogP contribution is 2.29. The van der Waals surface area contributed by atoms with E-state index in [1.54, 1.807) is 36.5 Å². The van der Waals surface area contributed by atoms with Crippen molar-refractivity contribution >= 4 is 19.6 Å². The quantitative estimate of drug-likeness (QED) is 0.246. The van der Waals surface area contributed by atoms with Crippen LogP contribution in [0.1, 0.15) is 48.7 Å². The molecule has 0 spiro atoms. The molecule has 0 N–H and O–H groups in total. The average Bonchev–Trinajstić information content (AvgIpc) is 2.93. The Balaban J connectivity index is 1.60. The van der Waals surface area contributed by atoms with Gasteiger partial charge in [0.15, 0.2) is 0 Å². The van der Waals surface area contributed by atoms with Crippen molar-refractivity contribution in [2.24, 2.45) is 5.92 Å². The lowest BCUT2D eigenvalue weighted by Crippen LogP contribution is -2.37. The van der Waals surface area contributed by atoms with Crippen LogP contribution in [-0.4, -0.2) is 35.8 Å². The second-order valence-corrected chi connectivity index (χ2v) is 9.99. The summed E-state index contributed by atoms with van der Waals surface area (Å²) in [4.78, 5) is 27.8. The summed E-state index contributed by atoms with van der Waals surface area (Å²) in [5.74, 6) is 0.854. The molecule has 3 aromatic heterocycles. The maximum Gasteiger partial charge on any atom is 0.433 e. The second kappa shape index (κ2) is 12.3. The Bertz CT molecular complexity index is 1430. The van der Waals surface area contributed by atoms with E-state index in [-0.39, 0.29) is 11.8 Å². The fraction of sp³-hybridized carbons (Fsp3) is 0.267. The van der Waals surface area contributed by atoms with Crippen molar-refractivity contribution in [2.45, 2.75) is 38.8 Å². The van der Waals surface area contributed by atoms with Gasteiger partial charge in [-0.2, -0.15) is 13.2 Å². The first-order chi connectivity index (χ1) is 19.0. The zero-order valence-electron chi connectivity index (χ0n) is 22.8. The lowest BCUT2D eigenvalue weighted by Gasteiger charge is -2.29. The Kier molecular flexibility index (Phi) is 8.87. The number of halogens is 3. The average molecular weight is 546 g/mol. The molecule has 0 aliphatic heterocycles. The topological polar surface area (TPSA) is 68.2 Å². The highest BCUT2D eigenvalue weighted by Gasteiger charge is 2.32. The van der Waals surface area contributed by atoms with Crippen LogP contribution >= 0.6 is 0 Å². The number of methoxy groups -OCH3 is 1. The number of nitrogens with zero attached hydrogens (tertiary/aromatic N) is 4. The van der Waals surface area contributed by atoms with Crippen molar-refractivity contribution < 1.29 is 22.7 Å². The van der Waals surface area contributed by atoms with Crippen LogP contribution in [0.4, 0.5) is 19.0 Å². The minimum atomic E-state index is -4.49. The van der Waals surface area contributed by atoms with Crippen LogP contribution in [0.15, 0.2) is 79.3 Å². The molecule has 0 aliphatic rings. The van der Waals surface area contributed by atoms with Crippen molar-refractivity contribution in [3.8, 4) is 16.9 Å². The number of anilines is 1. The largest absolute Gasteiger partial charge is 0.497 e. The molecule has 0 radical (unpaired) electrons. The van der Waals surface area contributed by atoms with Crippen LogP contribution in [0.5, 0.6) is 5.75 Å². The van der Waals surface area contributed by atoms with E-state index >= 15 is 0 Å². The number of rotatable bonds is 9. The van der Waals surface area contributed by atoms with E-state index in [1.165, 1.54) is 12.3 Å². The van der Waals surface area contributed by atoms with Gasteiger partial charge >= 0.3 is 6.18 Å². The van der Waals surface area contributed by atoms with E-state index in [9.17, 15) is 18.0 Å². The first kappa shape index (κ1) is 28.8. The molecule has 10 heteroatoms. The second-order valence-electron chi connectivity index (χ2n) is 9.99. The number of hydrogen-bond acceptors (Lipinski definition) is 5. The van der Waals surface area contributed by atoms with E-state index < -0.39 is 17.8 Å². The number of ether oxygens (including phenoxy) is 1. The Morgan fingerprint density at radius 1 is 0.925 bits per heavy atom. The number of amides is 1. The third-order valence-corrected chi connectivity index (χ3v) is 6.46. The van der Waals surface area contributed by atoms with E-state index in [2.05, 4.69) is 15.0 Å². The SMILES string of the molecule is BC(c1ccc(-c2ccc(OC)cc2)cn1)N(C(=O)CC(C)C)c1cc(Cc2ccc(C(F)(F)F)nc2)ccn1. The minimum Gasteiger partial charge on any atom is -0.497 e. The van der Waals surface area contributed by atoms with E-state index in [0.29, 0.717) is 29.9 Å². The van der Waals surface area contributed by atoms with Crippen LogP contribution in [0, 0.1) is 5.92 Å². The molecule has 0 saturated carbocycles. The summed E-state index contributed by atoms with van der Waals surface area (Å²) in [6.07, 6.45) is 0.780. The molecule has 0 aliphatic carbocycles. The van der Waals surface area contributed by atoms with Crippen molar-refractivity contribution in [1.29, 1.82) is 0 Å². The van der Waals surface area contributed by atoms with Gasteiger partial charge in [0.25, 0.3) is 0 Å². The lowest BCUT2D eigenvalue weighted by atomic mass is 9.89. The number of carbonyl (C=O) groups excluding carboxylic acids is 1. The predicted octanol–water partition coefficient (Wildman–Crippen LogP) is 5.87. The van der Waals surface area contributed by atoms with Crippen LogP contribution in [0.3, 0.4) is 0 Å². The molecule has 0 saturated heterocycles. The van der Waals surface area contributed by atoms with Crippen molar-refractivity contribution in [3.63, 3.8) is 0 Å². The van der Waals surface area contributed by atoms with Gasteiger partial charge in [0.2, 0.25) is 5.91 Å². The highest BCUT2D eigenvalue weighted by molar-refractivity contribution is 6.17. The van der Waals surface area contributed by atoms with Gasteiger partial charge < -0.3 is 4.74 Å². The fourth-order valence-corrected chi connectivity index (χ4v) is 4.36. The Morgan fingerprint density at radius 3 is 2.23 bits per heavy atom. The Hall–Kier alpha value is -4.21. The van der Waals surface area contributed by atoms with Crippen LogP contribution < -0.4 is 9.64 Å². The molecular weight excluding hydrogens is 516 g/mol. The normalized spacial score (nSPS) is 12.3. The molecule has 40 heavy (non-hydrogen) atoms. The molecule has 1 amide bonds. The van der Waals surface area contributed by atoms with E-state index in [4.69, 9.17) is 4.74 Å². The summed E-state index contributed by atoms with van der Waals surface area (Å²) in [5, 5.41) is 0. The predicted molar refractivity (Wildman–Crippen MR) is 151 cm³/mol. The molecule has 0 bridgehead atoms. The summed E-state index contributed by atoms with van der Waals surface area (Å²) < 4.78 is 43.9. The Labute approximate surface area is 232 Å². The number of pyridine rings is 3. The molecule has 206 valence electrons. The number of benzene rings is 1. The van der Waals surface area contributed by atoms with Gasteiger partial charge in [-0.3, -0.25) is 19.7 Å². The lowest BCUT2D eigenvalue weighted by molar-refractivity contribution is -0.141. The molecule has 1 atom stereocenters. The molecule has 1 aromatic carbocycles.